The first kappa shape index (κ1) is 13.2. The number of likely N-dealkylation sites (N-methyl/N-ethyl adjacent to an activating group) is 1. The van der Waals surface area contributed by atoms with Crippen molar-refractivity contribution in [1.82, 2.24) is 24.4 Å². The summed E-state index contributed by atoms with van der Waals surface area (Å²) in [5.74, 6) is 0.595. The molecular weight excluding hydrogens is 266 g/mol. The smallest absolute Gasteiger partial charge is 0.159 e. The Morgan fingerprint density at radius 2 is 2.24 bits per heavy atom. The zero-order valence-corrected chi connectivity index (χ0v) is 12.4. The first-order valence-corrected chi connectivity index (χ1v) is 7.57. The summed E-state index contributed by atoms with van der Waals surface area (Å²) in [6, 6.07) is 2.40. The summed E-state index contributed by atoms with van der Waals surface area (Å²) in [4.78, 5) is 9.44. The van der Waals surface area contributed by atoms with E-state index in [2.05, 4.69) is 26.9 Å². The molecule has 2 aliphatic rings. The molecule has 21 heavy (non-hydrogen) atoms. The minimum absolute atomic E-state index is 0.493. The van der Waals surface area contributed by atoms with Gasteiger partial charge in [-0.1, -0.05) is 0 Å². The van der Waals surface area contributed by atoms with E-state index in [1.807, 2.05) is 29.2 Å². The van der Waals surface area contributed by atoms with E-state index in [0.717, 1.165) is 45.0 Å². The van der Waals surface area contributed by atoms with Gasteiger partial charge in [-0.15, -0.1) is 0 Å². The van der Waals surface area contributed by atoms with Crippen molar-refractivity contribution in [2.45, 2.75) is 12.6 Å². The van der Waals surface area contributed by atoms with Gasteiger partial charge in [-0.3, -0.25) is 9.80 Å². The SMILES string of the molecule is CN1C[C@H]2COC[C@@H]1CN(Cc1cnn3cccnc13)C2. The molecular formula is C15H21N5O. The fourth-order valence-electron chi connectivity index (χ4n) is 3.51. The average molecular weight is 287 g/mol. The summed E-state index contributed by atoms with van der Waals surface area (Å²) < 4.78 is 7.64. The fraction of sp³-hybridized carbons (Fsp3) is 0.600. The molecule has 0 N–H and O–H groups in total. The highest BCUT2D eigenvalue weighted by Gasteiger charge is 2.31. The van der Waals surface area contributed by atoms with Crippen LogP contribution in [0.4, 0.5) is 0 Å². The molecule has 2 bridgehead atoms. The van der Waals surface area contributed by atoms with Crippen LogP contribution in [0.5, 0.6) is 0 Å². The number of rotatable bonds is 2. The van der Waals surface area contributed by atoms with Crippen molar-refractivity contribution in [3.05, 3.63) is 30.2 Å². The Labute approximate surface area is 124 Å². The lowest BCUT2D eigenvalue weighted by Crippen LogP contribution is -2.41. The summed E-state index contributed by atoms with van der Waals surface area (Å²) in [5.41, 5.74) is 2.18. The Kier molecular flexibility index (Phi) is 3.37. The molecule has 6 heteroatoms. The van der Waals surface area contributed by atoms with Crippen molar-refractivity contribution in [3.8, 4) is 0 Å². The third kappa shape index (κ3) is 2.54. The average Bonchev–Trinajstić information content (AvgIpc) is 2.70. The summed E-state index contributed by atoms with van der Waals surface area (Å²) in [7, 11) is 2.22. The van der Waals surface area contributed by atoms with Crippen molar-refractivity contribution in [2.75, 3.05) is 39.9 Å². The molecule has 0 radical (unpaired) electrons. The number of hydrogen-bond donors (Lipinski definition) is 0. The van der Waals surface area contributed by atoms with Crippen LogP contribution in [-0.4, -0.2) is 70.3 Å². The van der Waals surface area contributed by atoms with E-state index in [0.29, 0.717) is 12.0 Å². The monoisotopic (exact) mass is 287 g/mol. The second-order valence-corrected chi connectivity index (χ2v) is 6.25. The van der Waals surface area contributed by atoms with Crippen LogP contribution in [0.3, 0.4) is 0 Å². The van der Waals surface area contributed by atoms with Gasteiger partial charge in [-0.2, -0.15) is 5.10 Å². The van der Waals surface area contributed by atoms with Gasteiger partial charge in [0.15, 0.2) is 5.65 Å². The van der Waals surface area contributed by atoms with Crippen LogP contribution in [0.15, 0.2) is 24.7 Å². The largest absolute Gasteiger partial charge is 0.379 e. The maximum atomic E-state index is 5.79. The summed E-state index contributed by atoms with van der Waals surface area (Å²) in [6.07, 6.45) is 5.73. The lowest BCUT2D eigenvalue weighted by molar-refractivity contribution is 0.0517. The Morgan fingerprint density at radius 3 is 3.19 bits per heavy atom. The van der Waals surface area contributed by atoms with Crippen LogP contribution in [0.2, 0.25) is 0 Å². The Bertz CT molecular complexity index is 627. The molecule has 2 atom stereocenters. The number of aromatic nitrogens is 3. The van der Waals surface area contributed by atoms with E-state index in [1.165, 1.54) is 5.56 Å². The summed E-state index contributed by atoms with van der Waals surface area (Å²) >= 11 is 0. The molecule has 112 valence electrons. The van der Waals surface area contributed by atoms with Gasteiger partial charge in [0.1, 0.15) is 0 Å². The second kappa shape index (κ2) is 5.36. The predicted octanol–water partition coefficient (Wildman–Crippen LogP) is 0.492. The maximum Gasteiger partial charge on any atom is 0.159 e. The van der Waals surface area contributed by atoms with Crippen LogP contribution in [0.25, 0.3) is 5.65 Å². The van der Waals surface area contributed by atoms with Crippen LogP contribution < -0.4 is 0 Å². The van der Waals surface area contributed by atoms with E-state index >= 15 is 0 Å². The first-order valence-electron chi connectivity index (χ1n) is 7.57. The predicted molar refractivity (Wildman–Crippen MR) is 79.0 cm³/mol. The van der Waals surface area contributed by atoms with Gasteiger partial charge < -0.3 is 4.74 Å². The van der Waals surface area contributed by atoms with E-state index in [-0.39, 0.29) is 0 Å². The van der Waals surface area contributed by atoms with Crippen molar-refractivity contribution < 1.29 is 4.74 Å². The normalized spacial score (nSPS) is 27.9. The number of hydrogen-bond acceptors (Lipinski definition) is 5. The highest BCUT2D eigenvalue weighted by Crippen LogP contribution is 2.20. The molecule has 0 amide bonds. The molecule has 0 unspecified atom stereocenters. The molecule has 4 rings (SSSR count). The zero-order valence-electron chi connectivity index (χ0n) is 12.4. The fourth-order valence-corrected chi connectivity index (χ4v) is 3.51. The lowest BCUT2D eigenvalue weighted by atomic mass is 10.1. The van der Waals surface area contributed by atoms with E-state index in [1.54, 1.807) is 0 Å². The molecule has 0 spiro atoms. The van der Waals surface area contributed by atoms with Gasteiger partial charge in [0.25, 0.3) is 0 Å². The molecule has 0 saturated carbocycles. The van der Waals surface area contributed by atoms with Gasteiger partial charge in [-0.25, -0.2) is 9.50 Å². The quantitative estimate of drug-likeness (QED) is 0.804. The molecule has 2 saturated heterocycles. The van der Waals surface area contributed by atoms with Crippen molar-refractivity contribution >= 4 is 5.65 Å². The molecule has 0 aromatic carbocycles. The molecule has 6 nitrogen and oxygen atoms in total. The van der Waals surface area contributed by atoms with Gasteiger partial charge in [-0.05, 0) is 13.1 Å². The molecule has 4 heterocycles. The highest BCUT2D eigenvalue weighted by atomic mass is 16.5. The Balaban J connectivity index is 1.57. The molecule has 0 aliphatic carbocycles. The van der Waals surface area contributed by atoms with Crippen molar-refractivity contribution in [2.24, 2.45) is 5.92 Å². The van der Waals surface area contributed by atoms with Crippen LogP contribution in [0, 0.1) is 5.92 Å². The Morgan fingerprint density at radius 1 is 1.29 bits per heavy atom. The zero-order chi connectivity index (χ0) is 14.2. The first-order chi connectivity index (χ1) is 10.3. The Hall–Kier alpha value is -1.50. The summed E-state index contributed by atoms with van der Waals surface area (Å²) in [6.45, 7) is 5.92. The van der Waals surface area contributed by atoms with Gasteiger partial charge in [0.2, 0.25) is 0 Å². The number of nitrogens with zero attached hydrogens (tertiary/aromatic N) is 5. The van der Waals surface area contributed by atoms with E-state index in [4.69, 9.17) is 4.74 Å². The topological polar surface area (TPSA) is 45.9 Å². The third-order valence-corrected chi connectivity index (χ3v) is 4.56. The van der Waals surface area contributed by atoms with Crippen molar-refractivity contribution in [1.29, 1.82) is 0 Å². The molecule has 2 fully saturated rings. The molecule has 2 aromatic rings. The maximum absolute atomic E-state index is 5.79. The van der Waals surface area contributed by atoms with Gasteiger partial charge in [0.05, 0.1) is 19.4 Å². The highest BCUT2D eigenvalue weighted by molar-refractivity contribution is 5.45. The molecule has 2 aliphatic heterocycles. The van der Waals surface area contributed by atoms with Crippen LogP contribution in [-0.2, 0) is 11.3 Å². The van der Waals surface area contributed by atoms with E-state index < -0.39 is 0 Å². The van der Waals surface area contributed by atoms with Crippen LogP contribution >= 0.6 is 0 Å². The number of fused-ring (bicyclic) bond motifs is 4. The van der Waals surface area contributed by atoms with Crippen LogP contribution in [0.1, 0.15) is 5.56 Å². The van der Waals surface area contributed by atoms with Gasteiger partial charge >= 0.3 is 0 Å². The third-order valence-electron chi connectivity index (χ3n) is 4.56. The standard InChI is InChI=1S/C15H21N5O/c1-18-6-12-7-19(9-14(18)11-21-10-12)8-13-5-17-20-4-2-3-16-15(13)20/h2-5,12,14H,6-11H2,1H3/t12-,14+/m1/s1. The second-order valence-electron chi connectivity index (χ2n) is 6.25. The minimum Gasteiger partial charge on any atom is -0.379 e. The van der Waals surface area contributed by atoms with Gasteiger partial charge in [0, 0.05) is 56.1 Å². The van der Waals surface area contributed by atoms with Crippen molar-refractivity contribution in [3.63, 3.8) is 0 Å². The minimum atomic E-state index is 0.493. The lowest BCUT2D eigenvalue weighted by Gasteiger charge is -2.29. The van der Waals surface area contributed by atoms with E-state index in [9.17, 15) is 0 Å². The summed E-state index contributed by atoms with van der Waals surface area (Å²) in [5, 5.41) is 4.39. The molecule has 2 aromatic heterocycles. The number of ether oxygens (including phenoxy) is 1.